The highest BCUT2D eigenvalue weighted by atomic mass is 31.2. The lowest BCUT2D eigenvalue weighted by atomic mass is 10.0. The second kappa shape index (κ2) is 47.8. The zero-order chi connectivity index (χ0) is 50.1. The Morgan fingerprint density at radius 3 is 1.56 bits per heavy atom. The van der Waals surface area contributed by atoms with Crippen molar-refractivity contribution in [2.24, 2.45) is 0 Å². The number of ether oxygens (including phenoxy) is 1. The van der Waals surface area contributed by atoms with E-state index < -0.39 is 26.6 Å². The molecule has 0 aromatic rings. The fourth-order valence-electron chi connectivity index (χ4n) is 7.35. The third-order valence-corrected chi connectivity index (χ3v) is 12.6. The zero-order valence-corrected chi connectivity index (χ0v) is 45.4. The molecule has 0 aliphatic carbocycles. The van der Waals surface area contributed by atoms with Gasteiger partial charge in [0.2, 0.25) is 5.91 Å². The maximum absolute atomic E-state index is 13.4. The van der Waals surface area contributed by atoms with Crippen molar-refractivity contribution in [3.63, 3.8) is 0 Å². The fourth-order valence-corrected chi connectivity index (χ4v) is 8.07. The standard InChI is InChI=1S/C58H103N2O7P/c1-7-10-13-16-19-22-25-28-29-30-31-33-36-39-42-45-48-51-58(62)67-56(49-46-43-40-37-34-27-24-21-18-15-12-9-3)55(54-66-68(63,64)65-53-52-60(4,5)6)59-57(61)50-47-44-41-38-35-32-26-23-20-17-14-11-8-2/h11,14,17,19-20,22-23,26,28-29,31,33,46,49,55-56H,7-10,12-13,15-16,18,21,24-25,27,30,32,34-45,47-48,50-54H2,1-6H3,(H-,59,61,63,64)/b14-11+,20-17+,22-19-,26-23-,29-28-,33-31-,49-46+. The van der Waals surface area contributed by atoms with Gasteiger partial charge in [-0.1, -0.05) is 202 Å². The fraction of sp³-hybridized carbons (Fsp3) is 0.724. The Morgan fingerprint density at radius 1 is 0.544 bits per heavy atom. The van der Waals surface area contributed by atoms with E-state index in [-0.39, 0.29) is 31.3 Å². The van der Waals surface area contributed by atoms with Crippen LogP contribution < -0.4 is 10.2 Å². The van der Waals surface area contributed by atoms with E-state index in [1.165, 1.54) is 77.0 Å². The van der Waals surface area contributed by atoms with E-state index in [0.717, 1.165) is 96.3 Å². The van der Waals surface area contributed by atoms with Gasteiger partial charge in [-0.25, -0.2) is 0 Å². The summed E-state index contributed by atoms with van der Waals surface area (Å²) < 4.78 is 30.1. The molecule has 10 heteroatoms. The average molecular weight is 971 g/mol. The van der Waals surface area contributed by atoms with Crippen LogP contribution in [0, 0.1) is 0 Å². The first-order valence-corrected chi connectivity index (χ1v) is 28.9. The summed E-state index contributed by atoms with van der Waals surface area (Å²) in [4.78, 5) is 39.7. The number of phosphoric acid groups is 1. The molecule has 0 radical (unpaired) electrons. The van der Waals surface area contributed by atoms with Crippen LogP contribution in [0.25, 0.3) is 0 Å². The second-order valence-electron chi connectivity index (χ2n) is 19.4. The van der Waals surface area contributed by atoms with Crippen LogP contribution >= 0.6 is 7.82 Å². The van der Waals surface area contributed by atoms with Crippen LogP contribution in [0.1, 0.15) is 220 Å². The summed E-state index contributed by atoms with van der Waals surface area (Å²) in [6.07, 6.45) is 61.2. The highest BCUT2D eigenvalue weighted by Gasteiger charge is 2.27. The Hall–Kier alpha value is -2.81. The van der Waals surface area contributed by atoms with Crippen molar-refractivity contribution < 1.29 is 37.3 Å². The highest BCUT2D eigenvalue weighted by Crippen LogP contribution is 2.38. The lowest BCUT2D eigenvalue weighted by molar-refractivity contribution is -0.870. The summed E-state index contributed by atoms with van der Waals surface area (Å²) >= 11 is 0. The molecule has 0 rings (SSSR count). The third-order valence-electron chi connectivity index (χ3n) is 11.6. The third kappa shape index (κ3) is 48.2. The molecule has 1 amide bonds. The van der Waals surface area contributed by atoms with E-state index in [4.69, 9.17) is 13.8 Å². The number of esters is 1. The number of hydrogen-bond donors (Lipinski definition) is 1. The van der Waals surface area contributed by atoms with Gasteiger partial charge in [-0.2, -0.15) is 0 Å². The van der Waals surface area contributed by atoms with Gasteiger partial charge in [0, 0.05) is 12.8 Å². The highest BCUT2D eigenvalue weighted by molar-refractivity contribution is 7.45. The van der Waals surface area contributed by atoms with Crippen molar-refractivity contribution in [3.05, 3.63) is 85.1 Å². The molecule has 3 atom stereocenters. The number of unbranched alkanes of at least 4 members (excludes halogenated alkanes) is 22. The smallest absolute Gasteiger partial charge is 0.306 e. The molecule has 0 heterocycles. The van der Waals surface area contributed by atoms with E-state index >= 15 is 0 Å². The Labute approximate surface area is 418 Å². The van der Waals surface area contributed by atoms with Gasteiger partial charge in [-0.05, 0) is 89.5 Å². The van der Waals surface area contributed by atoms with E-state index in [9.17, 15) is 19.0 Å². The van der Waals surface area contributed by atoms with Gasteiger partial charge in [0.1, 0.15) is 19.3 Å². The molecule has 0 saturated heterocycles. The molecule has 3 unspecified atom stereocenters. The van der Waals surface area contributed by atoms with Crippen LogP contribution in [0.5, 0.6) is 0 Å². The van der Waals surface area contributed by atoms with Crippen LogP contribution in [-0.4, -0.2) is 69.4 Å². The maximum Gasteiger partial charge on any atom is 0.306 e. The topological polar surface area (TPSA) is 114 Å². The van der Waals surface area contributed by atoms with Crippen molar-refractivity contribution in [2.45, 2.75) is 232 Å². The lowest BCUT2D eigenvalue weighted by Crippen LogP contribution is -2.47. The summed E-state index contributed by atoms with van der Waals surface area (Å²) in [6.45, 7) is 6.62. The van der Waals surface area contributed by atoms with Crippen molar-refractivity contribution in [1.29, 1.82) is 0 Å². The number of carbonyl (C=O) groups excluding carboxylic acids is 2. The van der Waals surface area contributed by atoms with Crippen LogP contribution in [-0.2, 0) is 27.9 Å². The van der Waals surface area contributed by atoms with Crippen LogP contribution in [0.4, 0.5) is 0 Å². The quantitative estimate of drug-likeness (QED) is 0.0161. The largest absolute Gasteiger partial charge is 0.756 e. The van der Waals surface area contributed by atoms with E-state index in [1.807, 2.05) is 39.4 Å². The first-order valence-electron chi connectivity index (χ1n) is 27.4. The molecular formula is C58H103N2O7P. The van der Waals surface area contributed by atoms with Crippen molar-refractivity contribution >= 4 is 19.7 Å². The predicted octanol–water partition coefficient (Wildman–Crippen LogP) is 15.6. The molecule has 9 nitrogen and oxygen atoms in total. The molecular weight excluding hydrogens is 868 g/mol. The molecule has 0 spiro atoms. The van der Waals surface area contributed by atoms with Crippen LogP contribution in [0.2, 0.25) is 0 Å². The number of quaternary nitrogens is 1. The molecule has 0 fully saturated rings. The van der Waals surface area contributed by atoms with Crippen LogP contribution in [0.3, 0.4) is 0 Å². The number of amides is 1. The van der Waals surface area contributed by atoms with Gasteiger partial charge in [-0.3, -0.25) is 14.2 Å². The maximum atomic E-state index is 13.4. The number of nitrogens with one attached hydrogen (secondary N) is 1. The minimum Gasteiger partial charge on any atom is -0.756 e. The molecule has 392 valence electrons. The normalized spacial score (nSPS) is 14.5. The van der Waals surface area contributed by atoms with Crippen molar-refractivity contribution in [2.75, 3.05) is 40.9 Å². The number of likely N-dealkylation sites (N-methyl/N-ethyl adjacent to an activating group) is 1. The number of carbonyl (C=O) groups is 2. The van der Waals surface area contributed by atoms with Gasteiger partial charge in [0.15, 0.2) is 0 Å². The number of hydrogen-bond acceptors (Lipinski definition) is 7. The summed E-state index contributed by atoms with van der Waals surface area (Å²) in [7, 11) is 1.14. The molecule has 0 bridgehead atoms. The van der Waals surface area contributed by atoms with Gasteiger partial charge < -0.3 is 28.5 Å². The molecule has 1 N–H and O–H groups in total. The predicted molar refractivity (Wildman–Crippen MR) is 288 cm³/mol. The number of phosphoric ester groups is 1. The van der Waals surface area contributed by atoms with Gasteiger partial charge in [-0.15, -0.1) is 0 Å². The molecule has 68 heavy (non-hydrogen) atoms. The van der Waals surface area contributed by atoms with Gasteiger partial charge in [0.05, 0.1) is 33.8 Å². The Bertz CT molecular complexity index is 1440. The molecule has 0 aromatic carbocycles. The van der Waals surface area contributed by atoms with E-state index in [0.29, 0.717) is 23.9 Å². The number of rotatable bonds is 48. The minimum absolute atomic E-state index is 0.0343. The summed E-state index contributed by atoms with van der Waals surface area (Å²) in [5.41, 5.74) is 0. The van der Waals surface area contributed by atoms with Crippen molar-refractivity contribution in [3.8, 4) is 0 Å². The van der Waals surface area contributed by atoms with Gasteiger partial charge >= 0.3 is 5.97 Å². The monoisotopic (exact) mass is 971 g/mol. The summed E-state index contributed by atoms with van der Waals surface area (Å²) in [5, 5.41) is 2.99. The van der Waals surface area contributed by atoms with Crippen molar-refractivity contribution in [1.82, 2.24) is 5.32 Å². The SMILES string of the molecule is CC/C=C/C=C/C=C\CCCCCCCC(=O)NC(COP(=O)([O-])OCC[N+](C)(C)C)C(/C=C/CCCCCCCCCCCC)OC(=O)CCCCCC/C=C\C/C=C\C/C=C\CCCCC. The zero-order valence-electron chi connectivity index (χ0n) is 44.5. The molecule has 0 aliphatic rings. The average Bonchev–Trinajstić information content (AvgIpc) is 3.29. The number of allylic oxidation sites excluding steroid dienone is 13. The Balaban J connectivity index is 5.46. The molecule has 0 aliphatic heterocycles. The Morgan fingerprint density at radius 2 is 1.00 bits per heavy atom. The summed E-state index contributed by atoms with van der Waals surface area (Å²) in [5.74, 6) is -0.597. The Kier molecular flexibility index (Phi) is 45.9. The first-order chi connectivity index (χ1) is 32.9. The number of nitrogens with zero attached hydrogens (tertiary/aromatic N) is 1. The molecule has 0 saturated carbocycles. The minimum atomic E-state index is -4.71. The molecule has 0 aromatic heterocycles. The van der Waals surface area contributed by atoms with Gasteiger partial charge in [0.25, 0.3) is 7.82 Å². The van der Waals surface area contributed by atoms with E-state index in [2.05, 4.69) is 92.9 Å². The summed E-state index contributed by atoms with van der Waals surface area (Å²) in [6, 6.07) is -0.911. The lowest BCUT2D eigenvalue weighted by Gasteiger charge is -2.30. The van der Waals surface area contributed by atoms with Crippen LogP contribution in [0.15, 0.2) is 85.1 Å². The van der Waals surface area contributed by atoms with E-state index in [1.54, 1.807) is 0 Å². The first kappa shape index (κ1) is 65.2. The second-order valence-corrected chi connectivity index (χ2v) is 20.8.